The summed E-state index contributed by atoms with van der Waals surface area (Å²) in [6.07, 6.45) is 0.684. The lowest BCUT2D eigenvalue weighted by Gasteiger charge is -2.24. The lowest BCUT2D eigenvalue weighted by Crippen LogP contribution is -2.48. The average Bonchev–Trinajstić information content (AvgIpc) is 2.24. The van der Waals surface area contributed by atoms with Gasteiger partial charge in [-0.1, -0.05) is 20.8 Å². The van der Waals surface area contributed by atoms with Crippen molar-refractivity contribution in [3.63, 3.8) is 0 Å². The third-order valence-electron chi connectivity index (χ3n) is 2.59. The van der Waals surface area contributed by atoms with Crippen molar-refractivity contribution in [2.45, 2.75) is 46.2 Å². The summed E-state index contributed by atoms with van der Waals surface area (Å²) in [5.74, 6) is -0.0443. The van der Waals surface area contributed by atoms with Crippen LogP contribution in [0.2, 0.25) is 0 Å². The van der Waals surface area contributed by atoms with Gasteiger partial charge in [-0.25, -0.2) is 0 Å². The number of hydrogen-bond acceptors (Lipinski definition) is 3. The summed E-state index contributed by atoms with van der Waals surface area (Å²) in [6, 6.07) is -0.209. The van der Waals surface area contributed by atoms with Crippen LogP contribution in [0.15, 0.2) is 0 Å². The molecule has 0 fully saturated rings. The van der Waals surface area contributed by atoms with Gasteiger partial charge in [0.05, 0.1) is 6.04 Å². The third-order valence-corrected chi connectivity index (χ3v) is 2.59. The molecule has 0 aromatic rings. The molecule has 2 atom stereocenters. The Morgan fingerprint density at radius 1 is 1.33 bits per heavy atom. The van der Waals surface area contributed by atoms with Crippen LogP contribution in [0, 0.1) is 0 Å². The summed E-state index contributed by atoms with van der Waals surface area (Å²) in [5.41, 5.74) is 5.63. The molecular formula is C11H25N3O. The molecule has 2 unspecified atom stereocenters. The number of carbonyl (C=O) groups excluding carboxylic acids is 1. The van der Waals surface area contributed by atoms with Crippen molar-refractivity contribution < 1.29 is 4.79 Å². The van der Waals surface area contributed by atoms with Gasteiger partial charge in [-0.05, 0) is 26.4 Å². The van der Waals surface area contributed by atoms with E-state index in [0.29, 0.717) is 6.42 Å². The van der Waals surface area contributed by atoms with Gasteiger partial charge in [0, 0.05) is 12.6 Å². The van der Waals surface area contributed by atoms with Crippen LogP contribution in [-0.4, -0.2) is 42.5 Å². The Labute approximate surface area is 93.2 Å². The number of rotatable bonds is 7. The molecule has 4 nitrogen and oxygen atoms in total. The molecule has 15 heavy (non-hydrogen) atoms. The van der Waals surface area contributed by atoms with E-state index in [1.165, 1.54) is 0 Å². The van der Waals surface area contributed by atoms with Crippen molar-refractivity contribution in [2.24, 2.45) is 5.73 Å². The van der Waals surface area contributed by atoms with Gasteiger partial charge in [0.15, 0.2) is 0 Å². The maximum Gasteiger partial charge on any atom is 0.237 e. The lowest BCUT2D eigenvalue weighted by molar-refractivity contribution is -0.123. The van der Waals surface area contributed by atoms with E-state index in [2.05, 4.69) is 24.1 Å². The SMILES string of the molecule is CCC(N)C(=O)NC(C)CN(CC)CC. The van der Waals surface area contributed by atoms with E-state index >= 15 is 0 Å². The zero-order chi connectivity index (χ0) is 11.8. The standard InChI is InChI=1S/C11H25N3O/c1-5-10(12)11(15)13-9(4)8-14(6-2)7-3/h9-10H,5-8,12H2,1-4H3,(H,13,15). The molecule has 0 aliphatic carbocycles. The summed E-state index contributed by atoms with van der Waals surface area (Å²) in [4.78, 5) is 13.8. The first-order valence-electron chi connectivity index (χ1n) is 5.83. The van der Waals surface area contributed by atoms with Crippen molar-refractivity contribution in [3.8, 4) is 0 Å². The third kappa shape index (κ3) is 5.74. The van der Waals surface area contributed by atoms with E-state index in [4.69, 9.17) is 5.73 Å². The smallest absolute Gasteiger partial charge is 0.237 e. The maximum absolute atomic E-state index is 11.5. The molecule has 3 N–H and O–H groups in total. The zero-order valence-electron chi connectivity index (χ0n) is 10.4. The van der Waals surface area contributed by atoms with Crippen LogP contribution in [0.5, 0.6) is 0 Å². The van der Waals surface area contributed by atoms with Crippen molar-refractivity contribution in [2.75, 3.05) is 19.6 Å². The number of amides is 1. The summed E-state index contributed by atoms with van der Waals surface area (Å²) in [5, 5.41) is 2.92. The number of carbonyl (C=O) groups is 1. The molecule has 0 spiro atoms. The quantitative estimate of drug-likeness (QED) is 0.653. The van der Waals surface area contributed by atoms with Crippen molar-refractivity contribution in [1.29, 1.82) is 0 Å². The molecule has 90 valence electrons. The summed E-state index contributed by atoms with van der Waals surface area (Å²) < 4.78 is 0. The molecule has 0 bridgehead atoms. The maximum atomic E-state index is 11.5. The van der Waals surface area contributed by atoms with Gasteiger partial charge in [0.25, 0.3) is 0 Å². The molecule has 1 amide bonds. The van der Waals surface area contributed by atoms with Crippen molar-refractivity contribution in [1.82, 2.24) is 10.2 Å². The summed E-state index contributed by atoms with van der Waals surface area (Å²) >= 11 is 0. The molecule has 0 aliphatic rings. The zero-order valence-corrected chi connectivity index (χ0v) is 10.4. The Morgan fingerprint density at radius 3 is 2.27 bits per heavy atom. The van der Waals surface area contributed by atoms with E-state index in [-0.39, 0.29) is 18.0 Å². The van der Waals surface area contributed by atoms with Gasteiger partial charge in [-0.3, -0.25) is 4.79 Å². The predicted molar refractivity (Wildman–Crippen MR) is 63.7 cm³/mol. The fraction of sp³-hybridized carbons (Fsp3) is 0.909. The normalized spacial score (nSPS) is 15.1. The van der Waals surface area contributed by atoms with E-state index in [1.54, 1.807) is 0 Å². The van der Waals surface area contributed by atoms with Crippen LogP contribution in [0.3, 0.4) is 0 Å². The predicted octanol–water partition coefficient (Wildman–Crippen LogP) is 0.570. The van der Waals surface area contributed by atoms with Gasteiger partial charge in [-0.15, -0.1) is 0 Å². The highest BCUT2D eigenvalue weighted by molar-refractivity contribution is 5.81. The Balaban J connectivity index is 3.91. The number of nitrogens with two attached hydrogens (primary N) is 1. The molecular weight excluding hydrogens is 190 g/mol. The van der Waals surface area contributed by atoms with Crippen molar-refractivity contribution in [3.05, 3.63) is 0 Å². The molecule has 0 aliphatic heterocycles. The fourth-order valence-electron chi connectivity index (χ4n) is 1.45. The minimum atomic E-state index is -0.371. The number of nitrogens with one attached hydrogen (secondary N) is 1. The molecule has 0 aromatic carbocycles. The van der Waals surface area contributed by atoms with Gasteiger partial charge in [0.1, 0.15) is 0 Å². The number of nitrogens with zero attached hydrogens (tertiary/aromatic N) is 1. The summed E-state index contributed by atoms with van der Waals surface area (Å²) in [6.45, 7) is 11.1. The van der Waals surface area contributed by atoms with Crippen LogP contribution in [-0.2, 0) is 4.79 Å². The topological polar surface area (TPSA) is 58.4 Å². The second-order valence-corrected chi connectivity index (χ2v) is 3.91. The monoisotopic (exact) mass is 215 g/mol. The van der Waals surface area contributed by atoms with E-state index in [0.717, 1.165) is 19.6 Å². The molecule has 0 aromatic heterocycles. The number of likely N-dealkylation sites (N-methyl/N-ethyl adjacent to an activating group) is 1. The van der Waals surface area contributed by atoms with Crippen LogP contribution in [0.1, 0.15) is 34.1 Å². The Kier molecular flexibility index (Phi) is 7.34. The Bertz CT molecular complexity index is 181. The fourth-order valence-corrected chi connectivity index (χ4v) is 1.45. The van der Waals surface area contributed by atoms with Crippen LogP contribution >= 0.6 is 0 Å². The first kappa shape index (κ1) is 14.4. The largest absolute Gasteiger partial charge is 0.351 e. The van der Waals surface area contributed by atoms with Gasteiger partial charge >= 0.3 is 0 Å². The highest BCUT2D eigenvalue weighted by Crippen LogP contribution is 1.93. The lowest BCUT2D eigenvalue weighted by atomic mass is 10.2. The van der Waals surface area contributed by atoms with E-state index in [1.807, 2.05) is 13.8 Å². The van der Waals surface area contributed by atoms with E-state index < -0.39 is 0 Å². The first-order valence-corrected chi connectivity index (χ1v) is 5.83. The molecule has 0 saturated heterocycles. The number of hydrogen-bond donors (Lipinski definition) is 2. The second-order valence-electron chi connectivity index (χ2n) is 3.91. The van der Waals surface area contributed by atoms with Crippen LogP contribution in [0.25, 0.3) is 0 Å². The van der Waals surface area contributed by atoms with Gasteiger partial charge in [0.2, 0.25) is 5.91 Å². The average molecular weight is 215 g/mol. The van der Waals surface area contributed by atoms with E-state index in [9.17, 15) is 4.79 Å². The molecule has 4 heteroatoms. The Hall–Kier alpha value is -0.610. The van der Waals surface area contributed by atoms with Crippen molar-refractivity contribution >= 4 is 5.91 Å². The molecule has 0 radical (unpaired) electrons. The highest BCUT2D eigenvalue weighted by Gasteiger charge is 2.14. The minimum Gasteiger partial charge on any atom is -0.351 e. The summed E-state index contributed by atoms with van der Waals surface area (Å²) in [7, 11) is 0. The minimum absolute atomic E-state index is 0.0443. The Morgan fingerprint density at radius 2 is 1.87 bits per heavy atom. The highest BCUT2D eigenvalue weighted by atomic mass is 16.2. The molecule has 0 saturated carbocycles. The molecule has 0 heterocycles. The van der Waals surface area contributed by atoms with Crippen LogP contribution in [0.4, 0.5) is 0 Å². The van der Waals surface area contributed by atoms with Crippen LogP contribution < -0.4 is 11.1 Å². The second kappa shape index (κ2) is 7.65. The van der Waals surface area contributed by atoms with Gasteiger partial charge in [-0.2, -0.15) is 0 Å². The first-order chi connectivity index (χ1) is 7.04. The van der Waals surface area contributed by atoms with Gasteiger partial charge < -0.3 is 16.0 Å². The molecule has 0 rings (SSSR count).